The van der Waals surface area contributed by atoms with E-state index in [-0.39, 0.29) is 0 Å². The van der Waals surface area contributed by atoms with Crippen molar-refractivity contribution in [1.29, 1.82) is 0 Å². The zero-order chi connectivity index (χ0) is 16.2. The minimum absolute atomic E-state index is 0.706. The zero-order valence-corrected chi connectivity index (χ0v) is 13.9. The van der Waals surface area contributed by atoms with Gasteiger partial charge in [0.25, 0.3) is 0 Å². The molecule has 2 fully saturated rings. The maximum atomic E-state index is 5.93. The van der Waals surface area contributed by atoms with Crippen molar-refractivity contribution >= 4 is 0 Å². The van der Waals surface area contributed by atoms with Gasteiger partial charge in [0.05, 0.1) is 13.2 Å². The molecule has 2 saturated heterocycles. The summed E-state index contributed by atoms with van der Waals surface area (Å²) in [7, 11) is 0. The Bertz CT molecular complexity index is 650. The molecule has 0 N–H and O–H groups in total. The molecule has 2 aliphatic rings. The number of nitrogens with zero attached hydrogens (tertiary/aromatic N) is 2. The molecule has 4 nitrogen and oxygen atoms in total. The second-order valence-electron chi connectivity index (χ2n) is 6.56. The van der Waals surface area contributed by atoms with Gasteiger partial charge in [-0.1, -0.05) is 30.3 Å². The predicted molar refractivity (Wildman–Crippen MR) is 94.4 cm³/mol. The van der Waals surface area contributed by atoms with E-state index in [0.29, 0.717) is 6.04 Å². The molecule has 4 heteroatoms. The van der Waals surface area contributed by atoms with Crippen LogP contribution in [0.1, 0.15) is 5.56 Å². The van der Waals surface area contributed by atoms with Gasteiger partial charge in [-0.05, 0) is 29.8 Å². The van der Waals surface area contributed by atoms with E-state index >= 15 is 0 Å². The van der Waals surface area contributed by atoms with Crippen LogP contribution in [-0.2, 0) is 11.3 Å². The van der Waals surface area contributed by atoms with E-state index in [0.717, 1.165) is 57.4 Å². The van der Waals surface area contributed by atoms with E-state index in [1.807, 2.05) is 36.4 Å². The summed E-state index contributed by atoms with van der Waals surface area (Å²) in [4.78, 5) is 5.07. The van der Waals surface area contributed by atoms with Crippen LogP contribution in [0.2, 0.25) is 0 Å². The van der Waals surface area contributed by atoms with Gasteiger partial charge in [-0.15, -0.1) is 0 Å². The molecule has 2 aromatic rings. The monoisotopic (exact) mass is 324 g/mol. The van der Waals surface area contributed by atoms with E-state index in [1.165, 1.54) is 5.56 Å². The van der Waals surface area contributed by atoms with Crippen LogP contribution >= 0.6 is 0 Å². The summed E-state index contributed by atoms with van der Waals surface area (Å²) < 4.78 is 11.4. The number of likely N-dealkylation sites (tertiary alicyclic amines) is 1. The second kappa shape index (κ2) is 7.34. The summed E-state index contributed by atoms with van der Waals surface area (Å²) in [6, 6.07) is 19.1. The van der Waals surface area contributed by atoms with Crippen LogP contribution in [0.3, 0.4) is 0 Å². The Morgan fingerprint density at radius 3 is 2.46 bits per heavy atom. The number of para-hydroxylation sites is 1. The second-order valence-corrected chi connectivity index (χ2v) is 6.56. The van der Waals surface area contributed by atoms with Crippen molar-refractivity contribution in [2.45, 2.75) is 12.6 Å². The Morgan fingerprint density at radius 1 is 0.917 bits per heavy atom. The molecule has 2 aliphatic heterocycles. The van der Waals surface area contributed by atoms with E-state index in [4.69, 9.17) is 9.47 Å². The third kappa shape index (κ3) is 3.78. The average molecular weight is 324 g/mol. The van der Waals surface area contributed by atoms with Crippen molar-refractivity contribution in [3.8, 4) is 11.5 Å². The fourth-order valence-corrected chi connectivity index (χ4v) is 3.44. The van der Waals surface area contributed by atoms with Gasteiger partial charge in [0.2, 0.25) is 0 Å². The highest BCUT2D eigenvalue weighted by molar-refractivity contribution is 5.33. The summed E-state index contributed by atoms with van der Waals surface area (Å²) in [6.07, 6.45) is 0. The first-order valence-electron chi connectivity index (χ1n) is 8.73. The molecule has 0 bridgehead atoms. The van der Waals surface area contributed by atoms with Gasteiger partial charge in [-0.2, -0.15) is 0 Å². The molecule has 24 heavy (non-hydrogen) atoms. The Hall–Kier alpha value is -1.88. The van der Waals surface area contributed by atoms with Gasteiger partial charge in [-0.25, -0.2) is 0 Å². The highest BCUT2D eigenvalue weighted by Gasteiger charge is 2.32. The number of hydrogen-bond donors (Lipinski definition) is 0. The van der Waals surface area contributed by atoms with Crippen LogP contribution in [0, 0.1) is 0 Å². The minimum Gasteiger partial charge on any atom is -0.457 e. The number of hydrogen-bond acceptors (Lipinski definition) is 4. The lowest BCUT2D eigenvalue weighted by Gasteiger charge is -2.46. The SMILES string of the molecule is c1ccc(Oc2cccc(CN3CC(N4CCOCC4)C3)c2)cc1. The van der Waals surface area contributed by atoms with Gasteiger partial charge < -0.3 is 9.47 Å². The Labute approximate surface area is 143 Å². The summed E-state index contributed by atoms with van der Waals surface area (Å²) in [5, 5.41) is 0. The van der Waals surface area contributed by atoms with Gasteiger partial charge in [0.1, 0.15) is 11.5 Å². The Kier molecular flexibility index (Phi) is 4.78. The third-order valence-electron chi connectivity index (χ3n) is 4.78. The quantitative estimate of drug-likeness (QED) is 0.844. The lowest BCUT2D eigenvalue weighted by atomic mass is 10.0. The molecule has 0 aliphatic carbocycles. The number of morpholine rings is 1. The van der Waals surface area contributed by atoms with Crippen LogP contribution in [0.5, 0.6) is 11.5 Å². The third-order valence-corrected chi connectivity index (χ3v) is 4.78. The van der Waals surface area contributed by atoms with Crippen LogP contribution in [0.25, 0.3) is 0 Å². The highest BCUT2D eigenvalue weighted by atomic mass is 16.5. The standard InChI is InChI=1S/C20H24N2O2/c1-2-6-19(7-3-1)24-20-8-4-5-17(13-20)14-21-15-18(16-21)22-9-11-23-12-10-22/h1-8,13,18H,9-12,14-16H2. The fourth-order valence-electron chi connectivity index (χ4n) is 3.44. The normalized spacial score (nSPS) is 19.8. The maximum absolute atomic E-state index is 5.93. The summed E-state index contributed by atoms with van der Waals surface area (Å²) in [5.41, 5.74) is 1.31. The molecule has 0 aromatic heterocycles. The van der Waals surface area contributed by atoms with Gasteiger partial charge >= 0.3 is 0 Å². The lowest BCUT2D eigenvalue weighted by Crippen LogP contribution is -2.60. The van der Waals surface area contributed by atoms with Gasteiger partial charge in [0, 0.05) is 38.8 Å². The smallest absolute Gasteiger partial charge is 0.127 e. The molecule has 4 rings (SSSR count). The summed E-state index contributed by atoms with van der Waals surface area (Å²) in [6.45, 7) is 7.24. The van der Waals surface area contributed by atoms with E-state index in [1.54, 1.807) is 0 Å². The summed E-state index contributed by atoms with van der Waals surface area (Å²) >= 11 is 0. The number of benzene rings is 2. The van der Waals surface area contributed by atoms with Crippen LogP contribution in [0.15, 0.2) is 54.6 Å². The predicted octanol–water partition coefficient (Wildman–Crippen LogP) is 3.00. The molecular weight excluding hydrogens is 300 g/mol. The van der Waals surface area contributed by atoms with Gasteiger partial charge in [0.15, 0.2) is 0 Å². The summed E-state index contributed by atoms with van der Waals surface area (Å²) in [5.74, 6) is 1.79. The molecule has 0 unspecified atom stereocenters. The van der Waals surface area contributed by atoms with Gasteiger partial charge in [-0.3, -0.25) is 9.80 Å². The van der Waals surface area contributed by atoms with E-state index in [9.17, 15) is 0 Å². The molecule has 0 atom stereocenters. The van der Waals surface area contributed by atoms with Crippen LogP contribution in [-0.4, -0.2) is 55.2 Å². The van der Waals surface area contributed by atoms with Crippen molar-refractivity contribution in [3.63, 3.8) is 0 Å². The average Bonchev–Trinajstić information content (AvgIpc) is 2.60. The lowest BCUT2D eigenvalue weighted by molar-refractivity contribution is -0.0344. The topological polar surface area (TPSA) is 24.9 Å². The van der Waals surface area contributed by atoms with Crippen molar-refractivity contribution in [2.75, 3.05) is 39.4 Å². The Balaban J connectivity index is 1.30. The molecule has 0 amide bonds. The Morgan fingerprint density at radius 2 is 1.67 bits per heavy atom. The largest absolute Gasteiger partial charge is 0.457 e. The van der Waals surface area contributed by atoms with Crippen LogP contribution < -0.4 is 4.74 Å². The van der Waals surface area contributed by atoms with E-state index < -0.39 is 0 Å². The molecule has 0 saturated carbocycles. The zero-order valence-electron chi connectivity index (χ0n) is 13.9. The molecule has 0 spiro atoms. The first kappa shape index (κ1) is 15.6. The molecule has 126 valence electrons. The van der Waals surface area contributed by atoms with Crippen molar-refractivity contribution in [3.05, 3.63) is 60.2 Å². The first-order valence-corrected chi connectivity index (χ1v) is 8.73. The maximum Gasteiger partial charge on any atom is 0.127 e. The van der Waals surface area contributed by atoms with E-state index in [2.05, 4.69) is 28.0 Å². The minimum atomic E-state index is 0.706. The number of rotatable bonds is 5. The highest BCUT2D eigenvalue weighted by Crippen LogP contribution is 2.24. The van der Waals surface area contributed by atoms with Crippen molar-refractivity contribution < 1.29 is 9.47 Å². The first-order chi connectivity index (χ1) is 11.9. The fraction of sp³-hybridized carbons (Fsp3) is 0.400. The molecule has 2 heterocycles. The molecule has 2 aromatic carbocycles. The van der Waals surface area contributed by atoms with Crippen molar-refractivity contribution in [2.24, 2.45) is 0 Å². The number of ether oxygens (including phenoxy) is 2. The van der Waals surface area contributed by atoms with Crippen LogP contribution in [0.4, 0.5) is 0 Å². The van der Waals surface area contributed by atoms with Crippen molar-refractivity contribution in [1.82, 2.24) is 9.80 Å². The molecular formula is C20H24N2O2. The molecule has 0 radical (unpaired) electrons.